The lowest BCUT2D eigenvalue weighted by atomic mass is 9.71. The van der Waals surface area contributed by atoms with Crippen LogP contribution < -0.4 is 4.74 Å². The number of benzene rings is 1. The van der Waals surface area contributed by atoms with Gasteiger partial charge in [-0.3, -0.25) is 0 Å². The molecule has 0 N–H and O–H groups in total. The predicted octanol–water partition coefficient (Wildman–Crippen LogP) is 7.46. The van der Waals surface area contributed by atoms with E-state index in [0.717, 1.165) is 48.8 Å². The van der Waals surface area contributed by atoms with E-state index in [1.165, 1.54) is 25.7 Å². The van der Waals surface area contributed by atoms with Crippen LogP contribution in [0.4, 0.5) is 17.6 Å². The lowest BCUT2D eigenvalue weighted by molar-refractivity contribution is -0.0546. The van der Waals surface area contributed by atoms with Crippen molar-refractivity contribution in [1.29, 1.82) is 0 Å². The molecule has 0 bridgehead atoms. The molecule has 0 amide bonds. The first kappa shape index (κ1) is 20.8. The number of halogens is 4. The van der Waals surface area contributed by atoms with Gasteiger partial charge in [0.2, 0.25) is 0 Å². The Kier molecular flexibility index (Phi) is 7.13. The molecular weight excluding hydrogens is 344 g/mol. The van der Waals surface area contributed by atoms with Crippen molar-refractivity contribution in [3.8, 4) is 5.75 Å². The summed E-state index contributed by atoms with van der Waals surface area (Å²) in [5.74, 6) is -0.953. The standard InChI is InChI=1S/C20H24F4O.CH4.H2/c1-12-2-4-13(5-3-12)14-6-8-15(9-7-14)16-10-17(21)19(18(22)11-16)25-20(23)24;;/h8,10-14,20H,2-7,9H2,1H3;1H4;1H. The molecule has 1 saturated carbocycles. The summed E-state index contributed by atoms with van der Waals surface area (Å²) in [7, 11) is 0. The Morgan fingerprint density at radius 1 is 1.00 bits per heavy atom. The number of alkyl halides is 2. The van der Waals surface area contributed by atoms with Crippen molar-refractivity contribution in [2.45, 2.75) is 65.9 Å². The molecule has 1 aromatic carbocycles. The summed E-state index contributed by atoms with van der Waals surface area (Å²) in [6.07, 6.45) is 9.91. The normalized spacial score (nSPS) is 26.2. The second kappa shape index (κ2) is 8.92. The van der Waals surface area contributed by atoms with Gasteiger partial charge in [0, 0.05) is 1.43 Å². The van der Waals surface area contributed by atoms with Gasteiger partial charge in [-0.05, 0) is 73.1 Å². The van der Waals surface area contributed by atoms with Gasteiger partial charge in [0.1, 0.15) is 0 Å². The smallest absolute Gasteiger partial charge is 0.387 e. The minimum atomic E-state index is -3.25. The highest BCUT2D eigenvalue weighted by Crippen LogP contribution is 2.41. The maximum atomic E-state index is 13.9. The van der Waals surface area contributed by atoms with Crippen LogP contribution in [-0.2, 0) is 0 Å². The van der Waals surface area contributed by atoms with Crippen molar-refractivity contribution in [2.24, 2.45) is 17.8 Å². The monoisotopic (exact) mass is 374 g/mol. The molecule has 0 spiro atoms. The van der Waals surface area contributed by atoms with Crippen molar-refractivity contribution in [2.75, 3.05) is 0 Å². The Bertz CT molecular complexity index is 616. The van der Waals surface area contributed by atoms with Crippen LogP contribution in [0, 0.1) is 29.4 Å². The minimum Gasteiger partial charge on any atom is -0.429 e. The van der Waals surface area contributed by atoms with Gasteiger partial charge in [-0.1, -0.05) is 33.3 Å². The Morgan fingerprint density at radius 3 is 2.12 bits per heavy atom. The van der Waals surface area contributed by atoms with E-state index in [9.17, 15) is 17.6 Å². The second-order valence-electron chi connectivity index (χ2n) is 7.43. The molecule has 1 atom stereocenters. The Labute approximate surface area is 154 Å². The molecule has 3 rings (SSSR count). The van der Waals surface area contributed by atoms with Crippen LogP contribution in [0.1, 0.15) is 66.3 Å². The minimum absolute atomic E-state index is 0. The van der Waals surface area contributed by atoms with Gasteiger partial charge in [0.15, 0.2) is 17.4 Å². The summed E-state index contributed by atoms with van der Waals surface area (Å²) in [6, 6.07) is 2.19. The fourth-order valence-electron chi connectivity index (χ4n) is 4.25. The zero-order valence-electron chi connectivity index (χ0n) is 14.4. The van der Waals surface area contributed by atoms with Gasteiger partial charge in [0.25, 0.3) is 0 Å². The highest BCUT2D eigenvalue weighted by Gasteiger charge is 2.28. The average molecular weight is 374 g/mol. The molecule has 1 fully saturated rings. The molecule has 5 heteroatoms. The molecular formula is C21H30F4O. The van der Waals surface area contributed by atoms with Crippen LogP contribution in [0.15, 0.2) is 18.2 Å². The van der Waals surface area contributed by atoms with E-state index >= 15 is 0 Å². The Hall–Kier alpha value is -1.52. The summed E-state index contributed by atoms with van der Waals surface area (Å²) >= 11 is 0. The van der Waals surface area contributed by atoms with Crippen LogP contribution in [-0.4, -0.2) is 6.61 Å². The summed E-state index contributed by atoms with van der Waals surface area (Å²) < 4.78 is 56.2. The summed E-state index contributed by atoms with van der Waals surface area (Å²) in [5.41, 5.74) is 1.31. The third-order valence-electron chi connectivity index (χ3n) is 5.75. The molecule has 0 radical (unpaired) electrons. The maximum absolute atomic E-state index is 13.9. The fraction of sp³-hybridized carbons (Fsp3) is 0.619. The van der Waals surface area contributed by atoms with Crippen LogP contribution in [0.25, 0.3) is 5.57 Å². The zero-order chi connectivity index (χ0) is 18.0. The number of hydrogen-bond acceptors (Lipinski definition) is 1. The van der Waals surface area contributed by atoms with Gasteiger partial charge in [-0.15, -0.1) is 0 Å². The van der Waals surface area contributed by atoms with Crippen molar-refractivity contribution in [1.82, 2.24) is 0 Å². The lowest BCUT2D eigenvalue weighted by Crippen LogP contribution is -2.22. The van der Waals surface area contributed by atoms with E-state index in [0.29, 0.717) is 11.5 Å². The zero-order valence-corrected chi connectivity index (χ0v) is 14.4. The molecule has 0 aliphatic heterocycles. The summed E-state index contributed by atoms with van der Waals surface area (Å²) in [6.45, 7) is -0.942. The van der Waals surface area contributed by atoms with E-state index in [1.807, 2.05) is 0 Å². The molecule has 1 nitrogen and oxygen atoms in total. The van der Waals surface area contributed by atoms with E-state index in [4.69, 9.17) is 0 Å². The van der Waals surface area contributed by atoms with E-state index in [2.05, 4.69) is 17.7 Å². The van der Waals surface area contributed by atoms with E-state index in [1.54, 1.807) is 0 Å². The SMILES string of the molecule is C.CC1CCC(C2CC=C(c3cc(F)c(OC(F)F)c(F)c3)CC2)CC1.[HH]. The third-order valence-corrected chi connectivity index (χ3v) is 5.75. The first-order valence-corrected chi connectivity index (χ1v) is 9.07. The van der Waals surface area contributed by atoms with Gasteiger partial charge < -0.3 is 4.74 Å². The first-order valence-electron chi connectivity index (χ1n) is 9.07. The highest BCUT2D eigenvalue weighted by molar-refractivity contribution is 5.67. The number of ether oxygens (including phenoxy) is 1. The topological polar surface area (TPSA) is 9.23 Å². The summed E-state index contributed by atoms with van der Waals surface area (Å²) in [5, 5.41) is 0. The Morgan fingerprint density at radius 2 is 1.62 bits per heavy atom. The fourth-order valence-corrected chi connectivity index (χ4v) is 4.25. The van der Waals surface area contributed by atoms with Crippen LogP contribution in [0.5, 0.6) is 5.75 Å². The van der Waals surface area contributed by atoms with Crippen LogP contribution >= 0.6 is 0 Å². The van der Waals surface area contributed by atoms with Gasteiger partial charge in [0.05, 0.1) is 0 Å². The number of allylic oxidation sites excluding steroid dienone is 2. The van der Waals surface area contributed by atoms with Crippen molar-refractivity contribution in [3.63, 3.8) is 0 Å². The third kappa shape index (κ3) is 4.80. The number of hydrogen-bond donors (Lipinski definition) is 0. The largest absolute Gasteiger partial charge is 0.429 e. The van der Waals surface area contributed by atoms with Crippen molar-refractivity contribution in [3.05, 3.63) is 35.4 Å². The molecule has 2 aliphatic carbocycles. The van der Waals surface area contributed by atoms with Crippen molar-refractivity contribution < 1.29 is 23.7 Å². The molecule has 2 aliphatic rings. The van der Waals surface area contributed by atoms with E-state index in [-0.39, 0.29) is 8.85 Å². The first-order chi connectivity index (χ1) is 11.9. The summed E-state index contributed by atoms with van der Waals surface area (Å²) in [4.78, 5) is 0. The molecule has 0 saturated heterocycles. The quantitative estimate of drug-likeness (QED) is 0.497. The lowest BCUT2D eigenvalue weighted by Gasteiger charge is -2.34. The molecule has 0 heterocycles. The molecule has 0 aromatic heterocycles. The van der Waals surface area contributed by atoms with Crippen LogP contribution in [0.2, 0.25) is 0 Å². The Balaban J connectivity index is 0.00000182. The predicted molar refractivity (Wildman–Crippen MR) is 98.3 cm³/mol. The highest BCUT2D eigenvalue weighted by atomic mass is 19.3. The molecule has 148 valence electrons. The van der Waals surface area contributed by atoms with Crippen LogP contribution in [0.3, 0.4) is 0 Å². The molecule has 1 unspecified atom stereocenters. The average Bonchev–Trinajstić information content (AvgIpc) is 2.59. The maximum Gasteiger partial charge on any atom is 0.387 e. The van der Waals surface area contributed by atoms with Gasteiger partial charge in [-0.2, -0.15) is 8.78 Å². The molecule has 26 heavy (non-hydrogen) atoms. The van der Waals surface area contributed by atoms with Gasteiger partial charge in [-0.25, -0.2) is 8.78 Å². The van der Waals surface area contributed by atoms with E-state index < -0.39 is 24.0 Å². The van der Waals surface area contributed by atoms with Gasteiger partial charge >= 0.3 is 6.61 Å². The molecule has 1 aromatic rings. The van der Waals surface area contributed by atoms with Crippen molar-refractivity contribution >= 4 is 5.57 Å². The second-order valence-corrected chi connectivity index (χ2v) is 7.43. The number of rotatable bonds is 4.